The molecule has 5 heteroatoms. The predicted octanol–water partition coefficient (Wildman–Crippen LogP) is 5.10. The molecule has 0 aliphatic heterocycles. The van der Waals surface area contributed by atoms with Crippen LogP contribution in [0.4, 0.5) is 0 Å². The topological polar surface area (TPSA) is 58.6 Å². The Kier molecular flexibility index (Phi) is 9.47. The Labute approximate surface area is 209 Å². The Bertz CT molecular complexity index is 1100. The van der Waals surface area contributed by atoms with E-state index in [1.54, 1.807) is 12.0 Å². The number of benzene rings is 3. The van der Waals surface area contributed by atoms with Gasteiger partial charge in [-0.1, -0.05) is 73.7 Å². The number of methoxy groups -OCH3 is 1. The lowest BCUT2D eigenvalue weighted by Crippen LogP contribution is -2.52. The van der Waals surface area contributed by atoms with Crippen molar-refractivity contribution in [2.45, 2.75) is 58.7 Å². The Morgan fingerprint density at radius 2 is 1.57 bits per heavy atom. The molecule has 35 heavy (non-hydrogen) atoms. The Hall–Kier alpha value is -3.60. The average Bonchev–Trinajstić information content (AvgIpc) is 2.88. The standard InChI is InChI=1S/C30H36N2O3/c1-5-23(3)31-30(34)28(19-24-12-7-6-8-13-24)32(21-26-14-10-9-11-22(26)2)29(33)20-25-15-17-27(35-4)18-16-25/h6-18,23,28H,5,19-21H2,1-4H3,(H,31,34)/t23-,28+/m1/s1. The third-order valence-electron chi connectivity index (χ3n) is 6.39. The van der Waals surface area contributed by atoms with E-state index in [-0.39, 0.29) is 24.3 Å². The van der Waals surface area contributed by atoms with Crippen LogP contribution in [0.25, 0.3) is 0 Å². The van der Waals surface area contributed by atoms with E-state index in [4.69, 9.17) is 4.74 Å². The highest BCUT2D eigenvalue weighted by molar-refractivity contribution is 5.89. The molecule has 184 valence electrons. The van der Waals surface area contributed by atoms with Gasteiger partial charge in [0.05, 0.1) is 13.5 Å². The van der Waals surface area contributed by atoms with Gasteiger partial charge in [-0.25, -0.2) is 0 Å². The molecule has 5 nitrogen and oxygen atoms in total. The van der Waals surface area contributed by atoms with Gasteiger partial charge in [-0.15, -0.1) is 0 Å². The predicted molar refractivity (Wildman–Crippen MR) is 140 cm³/mol. The number of hydrogen-bond acceptors (Lipinski definition) is 3. The van der Waals surface area contributed by atoms with Crippen LogP contribution in [0.3, 0.4) is 0 Å². The van der Waals surface area contributed by atoms with Gasteiger partial charge in [0.25, 0.3) is 0 Å². The molecule has 3 rings (SSSR count). The van der Waals surface area contributed by atoms with Crippen molar-refractivity contribution in [3.05, 3.63) is 101 Å². The van der Waals surface area contributed by atoms with Crippen LogP contribution in [0.2, 0.25) is 0 Å². The van der Waals surface area contributed by atoms with Crippen molar-refractivity contribution < 1.29 is 14.3 Å². The van der Waals surface area contributed by atoms with Gasteiger partial charge < -0.3 is 15.0 Å². The molecular formula is C30H36N2O3. The number of carbonyl (C=O) groups excluding carboxylic acids is 2. The molecule has 0 aromatic heterocycles. The van der Waals surface area contributed by atoms with Gasteiger partial charge in [-0.3, -0.25) is 9.59 Å². The van der Waals surface area contributed by atoms with Crippen molar-refractivity contribution in [3.63, 3.8) is 0 Å². The van der Waals surface area contributed by atoms with Crippen LogP contribution in [0.5, 0.6) is 5.75 Å². The molecule has 3 aromatic rings. The zero-order valence-corrected chi connectivity index (χ0v) is 21.2. The normalized spacial score (nSPS) is 12.5. The van der Waals surface area contributed by atoms with Crippen LogP contribution < -0.4 is 10.1 Å². The van der Waals surface area contributed by atoms with Crippen LogP contribution in [0.15, 0.2) is 78.9 Å². The lowest BCUT2D eigenvalue weighted by Gasteiger charge is -2.33. The van der Waals surface area contributed by atoms with Crippen molar-refractivity contribution in [2.24, 2.45) is 0 Å². The van der Waals surface area contributed by atoms with E-state index < -0.39 is 6.04 Å². The lowest BCUT2D eigenvalue weighted by atomic mass is 10.00. The van der Waals surface area contributed by atoms with E-state index >= 15 is 0 Å². The monoisotopic (exact) mass is 472 g/mol. The van der Waals surface area contributed by atoms with Gasteiger partial charge in [0.2, 0.25) is 11.8 Å². The minimum Gasteiger partial charge on any atom is -0.497 e. The summed E-state index contributed by atoms with van der Waals surface area (Å²) in [5.74, 6) is 0.534. The van der Waals surface area contributed by atoms with E-state index in [0.29, 0.717) is 13.0 Å². The van der Waals surface area contributed by atoms with Crippen molar-refractivity contribution in [1.29, 1.82) is 0 Å². The van der Waals surface area contributed by atoms with E-state index in [1.165, 1.54) is 0 Å². The van der Waals surface area contributed by atoms with Crippen LogP contribution in [0, 0.1) is 6.92 Å². The highest BCUT2D eigenvalue weighted by Crippen LogP contribution is 2.19. The van der Waals surface area contributed by atoms with Crippen molar-refractivity contribution in [3.8, 4) is 5.75 Å². The van der Waals surface area contributed by atoms with Gasteiger partial charge in [0.15, 0.2) is 0 Å². The SMILES string of the molecule is CC[C@@H](C)NC(=O)[C@H](Cc1ccccc1)N(Cc1ccccc1C)C(=O)Cc1ccc(OC)cc1. The fraction of sp³-hybridized carbons (Fsp3) is 0.333. The van der Waals surface area contributed by atoms with Gasteiger partial charge >= 0.3 is 0 Å². The quantitative estimate of drug-likeness (QED) is 0.422. The van der Waals surface area contributed by atoms with E-state index in [2.05, 4.69) is 5.32 Å². The molecule has 2 atom stereocenters. The zero-order valence-electron chi connectivity index (χ0n) is 21.2. The third-order valence-corrected chi connectivity index (χ3v) is 6.39. The molecule has 0 fully saturated rings. The molecular weight excluding hydrogens is 436 g/mol. The molecule has 0 unspecified atom stereocenters. The first-order valence-corrected chi connectivity index (χ1v) is 12.2. The lowest BCUT2D eigenvalue weighted by molar-refractivity contribution is -0.141. The molecule has 2 amide bonds. The van der Waals surface area contributed by atoms with E-state index in [0.717, 1.165) is 34.4 Å². The summed E-state index contributed by atoms with van der Waals surface area (Å²) in [6.07, 6.45) is 1.47. The molecule has 0 aliphatic carbocycles. The Morgan fingerprint density at radius 1 is 0.914 bits per heavy atom. The summed E-state index contributed by atoms with van der Waals surface area (Å²) in [5.41, 5.74) is 4.02. The first-order chi connectivity index (χ1) is 16.9. The van der Waals surface area contributed by atoms with Gasteiger partial charge in [0, 0.05) is 19.0 Å². The highest BCUT2D eigenvalue weighted by Gasteiger charge is 2.31. The van der Waals surface area contributed by atoms with Crippen molar-refractivity contribution in [2.75, 3.05) is 7.11 Å². The molecule has 0 saturated carbocycles. The summed E-state index contributed by atoms with van der Waals surface area (Å²) in [4.78, 5) is 29.1. The van der Waals surface area contributed by atoms with Gasteiger partial charge in [-0.05, 0) is 54.7 Å². The second kappa shape index (κ2) is 12.7. The molecule has 0 saturated heterocycles. The third kappa shape index (κ3) is 7.44. The van der Waals surface area contributed by atoms with Gasteiger partial charge in [0.1, 0.15) is 11.8 Å². The van der Waals surface area contributed by atoms with Crippen LogP contribution >= 0.6 is 0 Å². The first kappa shape index (κ1) is 26.0. The number of carbonyl (C=O) groups is 2. The second-order valence-electron chi connectivity index (χ2n) is 9.00. The summed E-state index contributed by atoms with van der Waals surface area (Å²) in [7, 11) is 1.62. The smallest absolute Gasteiger partial charge is 0.243 e. The number of hydrogen-bond donors (Lipinski definition) is 1. The summed E-state index contributed by atoms with van der Waals surface area (Å²) in [5, 5.41) is 3.12. The molecule has 1 N–H and O–H groups in total. The maximum absolute atomic E-state index is 13.8. The van der Waals surface area contributed by atoms with E-state index in [1.807, 2.05) is 99.6 Å². The van der Waals surface area contributed by atoms with Crippen molar-refractivity contribution >= 4 is 11.8 Å². The molecule has 0 spiro atoms. The molecule has 0 aliphatic rings. The number of rotatable bonds is 11. The second-order valence-corrected chi connectivity index (χ2v) is 9.00. The highest BCUT2D eigenvalue weighted by atomic mass is 16.5. The molecule has 0 bridgehead atoms. The first-order valence-electron chi connectivity index (χ1n) is 12.2. The fourth-order valence-corrected chi connectivity index (χ4v) is 3.99. The zero-order chi connectivity index (χ0) is 25.2. The molecule has 3 aromatic carbocycles. The van der Waals surface area contributed by atoms with Crippen LogP contribution in [-0.4, -0.2) is 35.9 Å². The van der Waals surface area contributed by atoms with Crippen molar-refractivity contribution in [1.82, 2.24) is 10.2 Å². The number of ether oxygens (including phenoxy) is 1. The molecule has 0 heterocycles. The molecule has 0 radical (unpaired) electrons. The maximum Gasteiger partial charge on any atom is 0.243 e. The van der Waals surface area contributed by atoms with Crippen LogP contribution in [0.1, 0.15) is 42.5 Å². The maximum atomic E-state index is 13.8. The van der Waals surface area contributed by atoms with Gasteiger partial charge in [-0.2, -0.15) is 0 Å². The fourth-order valence-electron chi connectivity index (χ4n) is 3.99. The summed E-state index contributed by atoms with van der Waals surface area (Å²) >= 11 is 0. The number of aryl methyl sites for hydroxylation is 1. The minimum absolute atomic E-state index is 0.0257. The Morgan fingerprint density at radius 3 is 2.20 bits per heavy atom. The number of nitrogens with zero attached hydrogens (tertiary/aromatic N) is 1. The largest absolute Gasteiger partial charge is 0.497 e. The number of amides is 2. The number of nitrogens with one attached hydrogen (secondary N) is 1. The average molecular weight is 473 g/mol. The summed E-state index contributed by atoms with van der Waals surface area (Å²) in [6, 6.07) is 24.8. The van der Waals surface area contributed by atoms with Crippen LogP contribution in [-0.2, 0) is 29.0 Å². The summed E-state index contributed by atoms with van der Waals surface area (Å²) < 4.78 is 5.25. The van der Waals surface area contributed by atoms with E-state index in [9.17, 15) is 9.59 Å². The minimum atomic E-state index is -0.628. The Balaban J connectivity index is 1.97. The summed E-state index contributed by atoms with van der Waals surface area (Å²) in [6.45, 7) is 6.43.